The summed E-state index contributed by atoms with van der Waals surface area (Å²) in [6.45, 7) is 3.43. The highest BCUT2D eigenvalue weighted by Gasteiger charge is 2.38. The fraction of sp³-hybridized carbons (Fsp3) is 0.333. The second kappa shape index (κ2) is 4.35. The number of amides is 1. The average Bonchev–Trinajstić information content (AvgIpc) is 2.27. The fourth-order valence-electron chi connectivity index (χ4n) is 1.46. The highest BCUT2D eigenvalue weighted by atomic mass is 16.4. The number of hydrogen-bond donors (Lipinski definition) is 1. The number of nitrogens with zero attached hydrogens (tertiary/aromatic N) is 1. The summed E-state index contributed by atoms with van der Waals surface area (Å²) in [7, 11) is 1.46. The summed E-state index contributed by atoms with van der Waals surface area (Å²) in [6.07, 6.45) is 0.522. The third-order valence-electron chi connectivity index (χ3n) is 2.89. The smallest absolute Gasteiger partial charge is 0.334 e. The standard InChI is InChI=1S/C12H15NO3/c1-9-4-6-10(7-5-9)12(2,11(15)16)13(3)8-14/h4-8H,1-3H3,(H,15,16). The Hall–Kier alpha value is -1.84. The molecule has 1 amide bonds. The van der Waals surface area contributed by atoms with Gasteiger partial charge in [-0.05, 0) is 19.4 Å². The van der Waals surface area contributed by atoms with Gasteiger partial charge in [-0.25, -0.2) is 4.79 Å². The molecule has 0 bridgehead atoms. The fourth-order valence-corrected chi connectivity index (χ4v) is 1.46. The number of benzene rings is 1. The molecule has 1 unspecified atom stereocenters. The molecule has 0 heterocycles. The summed E-state index contributed by atoms with van der Waals surface area (Å²) in [5, 5.41) is 9.26. The van der Waals surface area contributed by atoms with E-state index in [4.69, 9.17) is 0 Å². The van der Waals surface area contributed by atoms with Gasteiger partial charge in [-0.3, -0.25) is 4.79 Å². The molecule has 0 saturated heterocycles. The maximum absolute atomic E-state index is 11.3. The normalized spacial score (nSPS) is 13.9. The van der Waals surface area contributed by atoms with E-state index in [9.17, 15) is 14.7 Å². The maximum Gasteiger partial charge on any atom is 0.334 e. The Morgan fingerprint density at radius 1 is 1.38 bits per heavy atom. The Labute approximate surface area is 94.5 Å². The van der Waals surface area contributed by atoms with Gasteiger partial charge in [-0.2, -0.15) is 0 Å². The first-order chi connectivity index (χ1) is 7.42. The van der Waals surface area contributed by atoms with Gasteiger partial charge in [-0.1, -0.05) is 29.8 Å². The highest BCUT2D eigenvalue weighted by molar-refractivity contribution is 5.82. The minimum absolute atomic E-state index is 0.522. The van der Waals surface area contributed by atoms with Crippen LogP contribution in [0.15, 0.2) is 24.3 Å². The maximum atomic E-state index is 11.3. The van der Waals surface area contributed by atoms with Crippen molar-refractivity contribution in [2.24, 2.45) is 0 Å². The van der Waals surface area contributed by atoms with Crippen LogP contribution in [0.2, 0.25) is 0 Å². The van der Waals surface area contributed by atoms with E-state index in [1.165, 1.54) is 14.0 Å². The van der Waals surface area contributed by atoms with Gasteiger partial charge in [0.2, 0.25) is 6.41 Å². The number of aryl methyl sites for hydroxylation is 1. The van der Waals surface area contributed by atoms with Crippen LogP contribution >= 0.6 is 0 Å². The Balaban J connectivity index is 3.26. The number of rotatable bonds is 4. The SMILES string of the molecule is Cc1ccc(C(C)(C(=O)O)N(C)C=O)cc1. The third-order valence-corrected chi connectivity index (χ3v) is 2.89. The van der Waals surface area contributed by atoms with Crippen molar-refractivity contribution in [3.05, 3.63) is 35.4 Å². The van der Waals surface area contributed by atoms with Crippen molar-refractivity contribution in [3.8, 4) is 0 Å². The minimum Gasteiger partial charge on any atom is -0.479 e. The molecule has 1 aromatic rings. The van der Waals surface area contributed by atoms with Crippen molar-refractivity contribution >= 4 is 12.4 Å². The Bertz CT molecular complexity index is 399. The summed E-state index contributed by atoms with van der Waals surface area (Å²) in [6, 6.07) is 7.11. The number of carbonyl (C=O) groups excluding carboxylic acids is 1. The molecule has 0 radical (unpaired) electrons. The second-order valence-corrected chi connectivity index (χ2v) is 3.96. The van der Waals surface area contributed by atoms with Crippen molar-refractivity contribution in [2.75, 3.05) is 7.05 Å². The molecule has 0 fully saturated rings. The van der Waals surface area contributed by atoms with Crippen LogP contribution in [0.25, 0.3) is 0 Å². The van der Waals surface area contributed by atoms with Crippen molar-refractivity contribution < 1.29 is 14.7 Å². The lowest BCUT2D eigenvalue weighted by Gasteiger charge is -2.32. The molecular weight excluding hydrogens is 206 g/mol. The minimum atomic E-state index is -1.32. The van der Waals surface area contributed by atoms with Crippen molar-refractivity contribution in [1.82, 2.24) is 4.90 Å². The van der Waals surface area contributed by atoms with E-state index in [-0.39, 0.29) is 0 Å². The molecule has 16 heavy (non-hydrogen) atoms. The summed E-state index contributed by atoms with van der Waals surface area (Å²) in [5.74, 6) is -1.05. The Morgan fingerprint density at radius 2 is 1.88 bits per heavy atom. The molecule has 0 aliphatic carbocycles. The van der Waals surface area contributed by atoms with E-state index in [1.54, 1.807) is 12.1 Å². The lowest BCUT2D eigenvalue weighted by atomic mass is 9.90. The summed E-state index contributed by atoms with van der Waals surface area (Å²) < 4.78 is 0. The molecule has 4 nitrogen and oxygen atoms in total. The van der Waals surface area contributed by atoms with Crippen LogP contribution < -0.4 is 0 Å². The van der Waals surface area contributed by atoms with Crippen LogP contribution in [0.4, 0.5) is 0 Å². The summed E-state index contributed by atoms with van der Waals surface area (Å²) in [4.78, 5) is 23.2. The van der Waals surface area contributed by atoms with Crippen LogP contribution in [0.3, 0.4) is 0 Å². The van der Waals surface area contributed by atoms with E-state index in [2.05, 4.69) is 0 Å². The van der Waals surface area contributed by atoms with Crippen LogP contribution in [-0.2, 0) is 15.1 Å². The lowest BCUT2D eigenvalue weighted by Crippen LogP contribution is -2.47. The predicted octanol–water partition coefficient (Wildman–Crippen LogP) is 1.38. The number of carboxylic acids is 1. The third kappa shape index (κ3) is 1.91. The molecule has 1 N–H and O–H groups in total. The number of hydrogen-bond acceptors (Lipinski definition) is 2. The van der Waals surface area contributed by atoms with Crippen molar-refractivity contribution in [1.29, 1.82) is 0 Å². The van der Waals surface area contributed by atoms with E-state index in [0.29, 0.717) is 12.0 Å². The van der Waals surface area contributed by atoms with Gasteiger partial charge in [-0.15, -0.1) is 0 Å². The molecule has 1 aromatic carbocycles. The van der Waals surface area contributed by atoms with E-state index >= 15 is 0 Å². The number of likely N-dealkylation sites (N-methyl/N-ethyl adjacent to an activating group) is 1. The summed E-state index contributed by atoms with van der Waals surface area (Å²) >= 11 is 0. The molecule has 1 rings (SSSR count). The summed E-state index contributed by atoms with van der Waals surface area (Å²) in [5.41, 5.74) is 0.306. The van der Waals surface area contributed by atoms with Gasteiger partial charge in [0.05, 0.1) is 0 Å². The zero-order valence-corrected chi connectivity index (χ0v) is 9.60. The van der Waals surface area contributed by atoms with Crippen LogP contribution in [0, 0.1) is 6.92 Å². The molecule has 0 saturated carbocycles. The van der Waals surface area contributed by atoms with Crippen molar-refractivity contribution in [2.45, 2.75) is 19.4 Å². The molecule has 1 atom stereocenters. The Morgan fingerprint density at radius 3 is 2.25 bits per heavy atom. The quantitative estimate of drug-likeness (QED) is 0.781. The van der Waals surface area contributed by atoms with Crippen LogP contribution in [-0.4, -0.2) is 29.4 Å². The van der Waals surface area contributed by atoms with Crippen LogP contribution in [0.1, 0.15) is 18.1 Å². The first-order valence-electron chi connectivity index (χ1n) is 4.91. The molecule has 86 valence electrons. The van der Waals surface area contributed by atoms with Gasteiger partial charge in [0, 0.05) is 7.05 Å². The van der Waals surface area contributed by atoms with Gasteiger partial charge in [0.15, 0.2) is 5.54 Å². The predicted molar refractivity (Wildman–Crippen MR) is 60.0 cm³/mol. The first kappa shape index (κ1) is 12.2. The van der Waals surface area contributed by atoms with Gasteiger partial charge in [0.25, 0.3) is 0 Å². The van der Waals surface area contributed by atoms with Crippen LogP contribution in [0.5, 0.6) is 0 Å². The van der Waals surface area contributed by atoms with E-state index in [0.717, 1.165) is 10.5 Å². The topological polar surface area (TPSA) is 57.6 Å². The number of carboxylic acid groups (broad SMARTS) is 1. The van der Waals surface area contributed by atoms with Gasteiger partial charge < -0.3 is 10.0 Å². The average molecular weight is 221 g/mol. The molecular formula is C12H15NO3. The first-order valence-corrected chi connectivity index (χ1v) is 4.91. The monoisotopic (exact) mass is 221 g/mol. The van der Waals surface area contributed by atoms with Crippen molar-refractivity contribution in [3.63, 3.8) is 0 Å². The van der Waals surface area contributed by atoms with Gasteiger partial charge in [0.1, 0.15) is 0 Å². The largest absolute Gasteiger partial charge is 0.479 e. The molecule has 0 aromatic heterocycles. The molecule has 0 aliphatic heterocycles. The number of carbonyl (C=O) groups is 2. The van der Waals surface area contributed by atoms with E-state index < -0.39 is 11.5 Å². The Kier molecular flexibility index (Phi) is 3.32. The second-order valence-electron chi connectivity index (χ2n) is 3.96. The zero-order chi connectivity index (χ0) is 12.3. The number of aliphatic carboxylic acids is 1. The molecule has 0 aliphatic rings. The molecule has 0 spiro atoms. The highest BCUT2D eigenvalue weighted by Crippen LogP contribution is 2.26. The molecule has 4 heteroatoms. The lowest BCUT2D eigenvalue weighted by molar-refractivity contribution is -0.153. The van der Waals surface area contributed by atoms with Gasteiger partial charge >= 0.3 is 5.97 Å². The van der Waals surface area contributed by atoms with E-state index in [1.807, 2.05) is 19.1 Å². The zero-order valence-electron chi connectivity index (χ0n) is 9.60.